The van der Waals surface area contributed by atoms with Crippen molar-refractivity contribution in [2.45, 2.75) is 16.7 Å². The molecule has 1 aromatic carbocycles. The van der Waals surface area contributed by atoms with E-state index in [0.717, 1.165) is 22.8 Å². The van der Waals surface area contributed by atoms with Gasteiger partial charge < -0.3 is 10.1 Å². The lowest BCUT2D eigenvalue weighted by atomic mass is 10.0. The maximum atomic E-state index is 12.6. The number of pyridine rings is 2. The van der Waals surface area contributed by atoms with Gasteiger partial charge in [-0.2, -0.15) is 0 Å². The van der Waals surface area contributed by atoms with Crippen LogP contribution in [0.1, 0.15) is 5.56 Å². The zero-order valence-corrected chi connectivity index (χ0v) is 13.5. The molecule has 0 aliphatic carbocycles. The molecule has 0 saturated heterocycles. The molecule has 3 aromatic rings. The fraction of sp³-hybridized carbons (Fsp3) is 0.0588. The number of aromatic nitrogens is 2. The molecule has 0 amide bonds. The van der Waals surface area contributed by atoms with E-state index in [9.17, 15) is 18.3 Å². The summed E-state index contributed by atoms with van der Waals surface area (Å²) < 4.78 is 25.2. The van der Waals surface area contributed by atoms with E-state index in [4.69, 9.17) is 0 Å². The van der Waals surface area contributed by atoms with Crippen molar-refractivity contribution in [1.29, 1.82) is 0 Å². The molecule has 0 atom stereocenters. The van der Waals surface area contributed by atoms with Gasteiger partial charge in [-0.1, -0.05) is 12.1 Å². The van der Waals surface area contributed by atoms with Gasteiger partial charge in [-0.25, -0.2) is 8.42 Å². The van der Waals surface area contributed by atoms with Gasteiger partial charge >= 0.3 is 0 Å². The Labute approximate surface area is 138 Å². The van der Waals surface area contributed by atoms with Gasteiger partial charge in [0.05, 0.1) is 4.90 Å². The van der Waals surface area contributed by atoms with Gasteiger partial charge in [0, 0.05) is 18.6 Å². The third-order valence-corrected chi connectivity index (χ3v) is 5.48. The van der Waals surface area contributed by atoms with Crippen LogP contribution in [0.3, 0.4) is 0 Å². The second kappa shape index (κ2) is 5.93. The first-order valence-electron chi connectivity index (χ1n) is 7.08. The Morgan fingerprint density at radius 1 is 1.08 bits per heavy atom. The van der Waals surface area contributed by atoms with Crippen molar-refractivity contribution >= 4 is 9.84 Å². The molecule has 0 aliphatic rings. The summed E-state index contributed by atoms with van der Waals surface area (Å²) in [6.07, 6.45) is 4.57. The molecule has 0 bridgehead atoms. The van der Waals surface area contributed by atoms with Crippen LogP contribution in [-0.4, -0.2) is 23.5 Å². The molecular formula is C17H14N2O4S. The van der Waals surface area contributed by atoms with Crippen LogP contribution in [-0.2, 0) is 9.84 Å². The molecule has 0 saturated carbocycles. The zero-order chi connectivity index (χ0) is 17.3. The van der Waals surface area contributed by atoms with Crippen LogP contribution in [0.15, 0.2) is 69.6 Å². The van der Waals surface area contributed by atoms with E-state index in [-0.39, 0.29) is 4.90 Å². The van der Waals surface area contributed by atoms with Gasteiger partial charge in [0.2, 0.25) is 9.84 Å². The normalized spacial score (nSPS) is 11.4. The standard InChI is InChI=1S/C17H14N2O4S/c1-11-10-18-8-6-14(11)12-2-4-13(5-3-12)24(22,23)16-15(20)7-9-19-17(16)21/h2-10H,1H3,(H2,19,20,21). The second-order valence-corrected chi connectivity index (χ2v) is 7.13. The lowest BCUT2D eigenvalue weighted by Gasteiger charge is -2.08. The van der Waals surface area contributed by atoms with Crippen molar-refractivity contribution in [3.05, 3.63) is 70.9 Å². The summed E-state index contributed by atoms with van der Waals surface area (Å²) in [7, 11) is -4.12. The van der Waals surface area contributed by atoms with Crippen molar-refractivity contribution < 1.29 is 13.5 Å². The van der Waals surface area contributed by atoms with Crippen molar-refractivity contribution in [1.82, 2.24) is 9.97 Å². The van der Waals surface area contributed by atoms with Crippen molar-refractivity contribution in [2.75, 3.05) is 0 Å². The Hall–Kier alpha value is -2.93. The monoisotopic (exact) mass is 342 g/mol. The molecule has 24 heavy (non-hydrogen) atoms. The molecule has 7 heteroatoms. The van der Waals surface area contributed by atoms with Gasteiger partial charge in [-0.3, -0.25) is 9.78 Å². The molecule has 2 heterocycles. The third-order valence-electron chi connectivity index (χ3n) is 3.66. The number of benzene rings is 1. The van der Waals surface area contributed by atoms with Crippen LogP contribution < -0.4 is 5.56 Å². The quantitative estimate of drug-likeness (QED) is 0.760. The molecule has 3 rings (SSSR count). The van der Waals surface area contributed by atoms with Crippen molar-refractivity contribution in [3.63, 3.8) is 0 Å². The molecule has 6 nitrogen and oxygen atoms in total. The van der Waals surface area contributed by atoms with Crippen LogP contribution in [0.5, 0.6) is 5.75 Å². The first-order valence-corrected chi connectivity index (χ1v) is 8.56. The Bertz CT molecular complexity index is 1050. The van der Waals surface area contributed by atoms with Gasteiger partial charge in [-0.15, -0.1) is 0 Å². The summed E-state index contributed by atoms with van der Waals surface area (Å²) >= 11 is 0. The zero-order valence-electron chi connectivity index (χ0n) is 12.7. The average molecular weight is 342 g/mol. The molecule has 122 valence electrons. The van der Waals surface area contributed by atoms with Crippen molar-refractivity contribution in [3.8, 4) is 16.9 Å². The average Bonchev–Trinajstić information content (AvgIpc) is 2.55. The lowest BCUT2D eigenvalue weighted by Crippen LogP contribution is -2.17. The van der Waals surface area contributed by atoms with E-state index in [0.29, 0.717) is 0 Å². The summed E-state index contributed by atoms with van der Waals surface area (Å²) in [5.74, 6) is -0.576. The predicted octanol–water partition coefficient (Wildman–Crippen LogP) is 2.28. The largest absolute Gasteiger partial charge is 0.506 e. The summed E-state index contributed by atoms with van der Waals surface area (Å²) in [5.41, 5.74) is 1.88. The highest BCUT2D eigenvalue weighted by molar-refractivity contribution is 7.91. The Balaban J connectivity index is 2.08. The number of hydrogen-bond donors (Lipinski definition) is 2. The summed E-state index contributed by atoms with van der Waals surface area (Å²) in [6, 6.07) is 9.11. The molecular weight excluding hydrogens is 328 g/mol. The van der Waals surface area contributed by atoms with E-state index < -0.39 is 26.0 Å². The Morgan fingerprint density at radius 3 is 2.42 bits per heavy atom. The molecule has 0 spiro atoms. The van der Waals surface area contributed by atoms with E-state index in [2.05, 4.69) is 9.97 Å². The van der Waals surface area contributed by atoms with Gasteiger partial charge in [-0.05, 0) is 47.9 Å². The first-order chi connectivity index (χ1) is 11.4. The number of aromatic hydroxyl groups is 1. The minimum atomic E-state index is -4.12. The fourth-order valence-corrected chi connectivity index (χ4v) is 3.82. The SMILES string of the molecule is Cc1cnccc1-c1ccc(S(=O)(=O)c2c(O)cc[nH]c2=O)cc1. The summed E-state index contributed by atoms with van der Waals surface area (Å²) in [4.78, 5) is 17.4. The predicted molar refractivity (Wildman–Crippen MR) is 88.6 cm³/mol. The maximum Gasteiger partial charge on any atom is 0.270 e. The van der Waals surface area contributed by atoms with Gasteiger partial charge in [0.25, 0.3) is 5.56 Å². The van der Waals surface area contributed by atoms with Crippen LogP contribution in [0.4, 0.5) is 0 Å². The van der Waals surface area contributed by atoms with Crippen molar-refractivity contribution in [2.24, 2.45) is 0 Å². The number of aryl methyl sites for hydroxylation is 1. The molecule has 2 N–H and O–H groups in total. The number of rotatable bonds is 3. The van der Waals surface area contributed by atoms with Crippen LogP contribution in [0, 0.1) is 6.92 Å². The number of H-pyrrole nitrogens is 1. The first kappa shape index (κ1) is 15.9. The number of hydrogen-bond acceptors (Lipinski definition) is 5. The highest BCUT2D eigenvalue weighted by Gasteiger charge is 2.25. The minimum absolute atomic E-state index is 0.0649. The number of nitrogens with one attached hydrogen (secondary N) is 1. The summed E-state index contributed by atoms with van der Waals surface area (Å²) in [5, 5.41) is 9.75. The van der Waals surface area contributed by atoms with Gasteiger partial charge in [0.1, 0.15) is 5.75 Å². The molecule has 0 fully saturated rings. The smallest absolute Gasteiger partial charge is 0.270 e. The van der Waals surface area contributed by atoms with E-state index in [1.165, 1.54) is 18.3 Å². The Kier molecular flexibility index (Phi) is 3.94. The topological polar surface area (TPSA) is 100 Å². The number of aromatic amines is 1. The van der Waals surface area contributed by atoms with Gasteiger partial charge in [0.15, 0.2) is 4.90 Å². The van der Waals surface area contributed by atoms with Crippen LogP contribution >= 0.6 is 0 Å². The summed E-state index contributed by atoms with van der Waals surface area (Å²) in [6.45, 7) is 1.91. The Morgan fingerprint density at radius 2 is 1.79 bits per heavy atom. The third kappa shape index (κ3) is 2.69. The van der Waals surface area contributed by atoms with E-state index in [1.54, 1.807) is 24.5 Å². The maximum absolute atomic E-state index is 12.6. The highest BCUT2D eigenvalue weighted by Crippen LogP contribution is 2.28. The van der Waals surface area contributed by atoms with E-state index in [1.807, 2.05) is 13.0 Å². The van der Waals surface area contributed by atoms with Crippen LogP contribution in [0.25, 0.3) is 11.1 Å². The number of sulfone groups is 1. The molecule has 2 aromatic heterocycles. The minimum Gasteiger partial charge on any atom is -0.506 e. The van der Waals surface area contributed by atoms with Crippen LogP contribution in [0.2, 0.25) is 0 Å². The number of nitrogens with zero attached hydrogens (tertiary/aromatic N) is 1. The molecule has 0 aliphatic heterocycles. The van der Waals surface area contributed by atoms with E-state index >= 15 is 0 Å². The molecule has 0 radical (unpaired) electrons. The highest BCUT2D eigenvalue weighted by atomic mass is 32.2. The fourth-order valence-electron chi connectivity index (χ4n) is 2.44. The second-order valence-electron chi connectivity index (χ2n) is 5.24. The lowest BCUT2D eigenvalue weighted by molar-refractivity contribution is 0.455. The molecule has 0 unspecified atom stereocenters.